The Kier molecular flexibility index (Phi) is 12.8. The van der Waals surface area contributed by atoms with Gasteiger partial charge < -0.3 is 14.4 Å². The number of methoxy groups -OCH3 is 1. The molecule has 0 atom stereocenters. The fraction of sp³-hybridized carbons (Fsp3) is 0.579. The van der Waals surface area contributed by atoms with Crippen molar-refractivity contribution in [2.24, 2.45) is 0 Å². The van der Waals surface area contributed by atoms with Crippen molar-refractivity contribution >= 4 is 24.8 Å². The van der Waals surface area contributed by atoms with Crippen LogP contribution in [0.2, 0.25) is 0 Å². The van der Waals surface area contributed by atoms with Gasteiger partial charge >= 0.3 is 0 Å². The van der Waals surface area contributed by atoms with Crippen molar-refractivity contribution in [3.63, 3.8) is 0 Å². The monoisotopic (exact) mass is 390 g/mol. The van der Waals surface area contributed by atoms with Crippen LogP contribution in [0, 0.1) is 0 Å². The van der Waals surface area contributed by atoms with Gasteiger partial charge in [0.1, 0.15) is 6.61 Å². The Labute approximate surface area is 165 Å². The summed E-state index contributed by atoms with van der Waals surface area (Å²) in [5.74, 6) is 1.63. The van der Waals surface area contributed by atoms with Crippen molar-refractivity contribution in [2.75, 3.05) is 53.0 Å². The summed E-state index contributed by atoms with van der Waals surface area (Å²) in [6.45, 7) is 13.5. The molecule has 0 amide bonds. The standard InChI is InChI=1S/C19H30N2O2.2ClH/c1-4-6-17-7-8-18(19(16-17)22-3)23-15-14-21-12-10-20(9-5-2)11-13-21;;/h4,7-8,16H,1,5-6,9-15H2,2-3H3;2*1H. The molecule has 0 bridgehead atoms. The van der Waals surface area contributed by atoms with Gasteiger partial charge in [0.2, 0.25) is 0 Å². The highest BCUT2D eigenvalue weighted by atomic mass is 35.5. The lowest BCUT2D eigenvalue weighted by Gasteiger charge is -2.34. The molecule has 6 heteroatoms. The third kappa shape index (κ3) is 7.87. The van der Waals surface area contributed by atoms with Gasteiger partial charge in [-0.3, -0.25) is 4.90 Å². The van der Waals surface area contributed by atoms with Gasteiger partial charge in [-0.05, 0) is 37.1 Å². The molecular weight excluding hydrogens is 359 g/mol. The zero-order valence-corrected chi connectivity index (χ0v) is 17.0. The zero-order valence-electron chi connectivity index (χ0n) is 15.4. The Bertz CT molecular complexity index is 492. The highest BCUT2D eigenvalue weighted by Crippen LogP contribution is 2.28. The quantitative estimate of drug-likeness (QED) is 0.600. The van der Waals surface area contributed by atoms with Crippen LogP contribution < -0.4 is 9.47 Å². The predicted octanol–water partition coefficient (Wildman–Crippen LogP) is 3.67. The predicted molar refractivity (Wildman–Crippen MR) is 110 cm³/mol. The average molecular weight is 391 g/mol. The Morgan fingerprint density at radius 2 is 1.68 bits per heavy atom. The Hall–Kier alpha value is -0.940. The molecule has 1 aliphatic heterocycles. The fourth-order valence-corrected chi connectivity index (χ4v) is 2.96. The third-order valence-electron chi connectivity index (χ3n) is 4.28. The molecule has 25 heavy (non-hydrogen) atoms. The number of piperazine rings is 1. The van der Waals surface area contributed by atoms with Gasteiger partial charge in [0.25, 0.3) is 0 Å². The van der Waals surface area contributed by atoms with Gasteiger partial charge in [0.05, 0.1) is 7.11 Å². The normalized spacial score (nSPS) is 15.0. The molecule has 0 aliphatic carbocycles. The summed E-state index contributed by atoms with van der Waals surface area (Å²) in [6.07, 6.45) is 3.98. The molecule has 2 rings (SSSR count). The van der Waals surface area contributed by atoms with E-state index in [4.69, 9.17) is 9.47 Å². The fourth-order valence-electron chi connectivity index (χ4n) is 2.96. The van der Waals surface area contributed by atoms with E-state index in [-0.39, 0.29) is 24.8 Å². The number of nitrogens with zero attached hydrogens (tertiary/aromatic N) is 2. The van der Waals surface area contributed by atoms with Gasteiger partial charge in [-0.25, -0.2) is 0 Å². The van der Waals surface area contributed by atoms with E-state index in [0.29, 0.717) is 6.61 Å². The first-order chi connectivity index (χ1) is 11.3. The molecule has 1 aromatic carbocycles. The number of ether oxygens (including phenoxy) is 2. The van der Waals surface area contributed by atoms with E-state index in [9.17, 15) is 0 Å². The first-order valence-corrected chi connectivity index (χ1v) is 8.62. The molecule has 1 aliphatic rings. The summed E-state index contributed by atoms with van der Waals surface area (Å²) >= 11 is 0. The highest BCUT2D eigenvalue weighted by Gasteiger charge is 2.16. The van der Waals surface area contributed by atoms with Crippen LogP contribution in [0.3, 0.4) is 0 Å². The summed E-state index contributed by atoms with van der Waals surface area (Å²) in [5.41, 5.74) is 1.19. The molecule has 1 saturated heterocycles. The van der Waals surface area contributed by atoms with Crippen LogP contribution in [-0.2, 0) is 6.42 Å². The first kappa shape index (κ1) is 24.1. The lowest BCUT2D eigenvalue weighted by molar-refractivity contribution is 0.116. The summed E-state index contributed by atoms with van der Waals surface area (Å²) in [7, 11) is 1.69. The number of halogens is 2. The summed E-state index contributed by atoms with van der Waals surface area (Å²) < 4.78 is 11.4. The van der Waals surface area contributed by atoms with Crippen molar-refractivity contribution in [3.8, 4) is 11.5 Å². The minimum Gasteiger partial charge on any atom is -0.493 e. The Balaban J connectivity index is 0.00000288. The van der Waals surface area contributed by atoms with Crippen molar-refractivity contribution in [1.29, 1.82) is 0 Å². The van der Waals surface area contributed by atoms with Gasteiger partial charge in [-0.2, -0.15) is 0 Å². The minimum absolute atomic E-state index is 0. The maximum Gasteiger partial charge on any atom is 0.161 e. The van der Waals surface area contributed by atoms with Crippen molar-refractivity contribution in [3.05, 3.63) is 36.4 Å². The van der Waals surface area contributed by atoms with E-state index in [1.807, 2.05) is 18.2 Å². The van der Waals surface area contributed by atoms with Gasteiger partial charge in [-0.15, -0.1) is 31.4 Å². The van der Waals surface area contributed by atoms with Crippen LogP contribution in [0.4, 0.5) is 0 Å². The van der Waals surface area contributed by atoms with Gasteiger partial charge in [0, 0.05) is 32.7 Å². The molecule has 0 radical (unpaired) electrons. The van der Waals surface area contributed by atoms with Crippen LogP contribution in [0.1, 0.15) is 18.9 Å². The maximum absolute atomic E-state index is 5.93. The highest BCUT2D eigenvalue weighted by molar-refractivity contribution is 5.85. The van der Waals surface area contributed by atoms with Crippen LogP contribution in [0.15, 0.2) is 30.9 Å². The van der Waals surface area contributed by atoms with E-state index in [2.05, 4.69) is 29.4 Å². The largest absolute Gasteiger partial charge is 0.493 e. The molecule has 144 valence electrons. The Morgan fingerprint density at radius 1 is 1.04 bits per heavy atom. The van der Waals surface area contributed by atoms with Crippen molar-refractivity contribution in [2.45, 2.75) is 19.8 Å². The van der Waals surface area contributed by atoms with Crippen LogP contribution >= 0.6 is 24.8 Å². The molecular formula is C19H32Cl2N2O2. The number of allylic oxidation sites excluding steroid dienone is 1. The minimum atomic E-state index is 0. The summed E-state index contributed by atoms with van der Waals surface area (Å²) in [6, 6.07) is 6.10. The number of benzene rings is 1. The number of hydrogen-bond acceptors (Lipinski definition) is 4. The first-order valence-electron chi connectivity index (χ1n) is 8.62. The molecule has 1 heterocycles. The molecule has 4 nitrogen and oxygen atoms in total. The van der Waals surface area contributed by atoms with E-state index in [1.165, 1.54) is 31.6 Å². The summed E-state index contributed by atoms with van der Waals surface area (Å²) in [4.78, 5) is 5.02. The third-order valence-corrected chi connectivity index (χ3v) is 4.28. The molecule has 1 aromatic rings. The smallest absolute Gasteiger partial charge is 0.161 e. The SMILES string of the molecule is C=CCc1ccc(OCCN2CCN(CCC)CC2)c(OC)c1.Cl.Cl. The van der Waals surface area contributed by atoms with E-state index < -0.39 is 0 Å². The van der Waals surface area contributed by atoms with Crippen molar-refractivity contribution < 1.29 is 9.47 Å². The molecule has 0 aromatic heterocycles. The van der Waals surface area contributed by atoms with Crippen LogP contribution in [0.5, 0.6) is 11.5 Å². The average Bonchev–Trinajstić information content (AvgIpc) is 2.58. The second kappa shape index (κ2) is 13.3. The zero-order chi connectivity index (χ0) is 16.5. The second-order valence-electron chi connectivity index (χ2n) is 6.01. The lowest BCUT2D eigenvalue weighted by Crippen LogP contribution is -2.47. The maximum atomic E-state index is 5.93. The molecule has 0 saturated carbocycles. The molecule has 0 spiro atoms. The van der Waals surface area contributed by atoms with Gasteiger partial charge in [0.15, 0.2) is 11.5 Å². The van der Waals surface area contributed by atoms with Gasteiger partial charge in [-0.1, -0.05) is 19.1 Å². The Morgan fingerprint density at radius 3 is 2.24 bits per heavy atom. The molecule has 1 fully saturated rings. The number of hydrogen-bond donors (Lipinski definition) is 0. The van der Waals surface area contributed by atoms with E-state index >= 15 is 0 Å². The van der Waals surface area contributed by atoms with Crippen molar-refractivity contribution in [1.82, 2.24) is 9.80 Å². The van der Waals surface area contributed by atoms with Crippen LogP contribution in [0.25, 0.3) is 0 Å². The topological polar surface area (TPSA) is 24.9 Å². The lowest BCUT2D eigenvalue weighted by atomic mass is 10.1. The summed E-state index contributed by atoms with van der Waals surface area (Å²) in [5, 5.41) is 0. The number of rotatable bonds is 9. The molecule has 0 N–H and O–H groups in total. The van der Waals surface area contributed by atoms with E-state index in [0.717, 1.165) is 37.6 Å². The molecule has 0 unspecified atom stereocenters. The second-order valence-corrected chi connectivity index (χ2v) is 6.01. The van der Waals surface area contributed by atoms with Crippen LogP contribution in [-0.4, -0.2) is 62.8 Å². The van der Waals surface area contributed by atoms with E-state index in [1.54, 1.807) is 7.11 Å².